The first kappa shape index (κ1) is 14.4. The highest BCUT2D eigenvalue weighted by atomic mass is 79.9. The van der Waals surface area contributed by atoms with Gasteiger partial charge in [-0.25, -0.2) is 0 Å². The quantitative estimate of drug-likeness (QED) is 0.825. The lowest BCUT2D eigenvalue weighted by Crippen LogP contribution is -1.93. The molecule has 0 unspecified atom stereocenters. The number of aryl methyl sites for hydroxylation is 2. The molecule has 0 saturated carbocycles. The first-order valence-corrected chi connectivity index (χ1v) is 7.48. The van der Waals surface area contributed by atoms with Gasteiger partial charge >= 0.3 is 0 Å². The molecule has 100 valence electrons. The van der Waals surface area contributed by atoms with E-state index in [-0.39, 0.29) is 5.75 Å². The fourth-order valence-corrected chi connectivity index (χ4v) is 3.16. The molecule has 0 radical (unpaired) electrons. The highest BCUT2D eigenvalue weighted by Crippen LogP contribution is 2.33. The number of ether oxygens (including phenoxy) is 1. The zero-order chi connectivity index (χ0) is 13.8. The molecule has 0 amide bonds. The SMILES string of the molecule is COc1cccc(CCc2cc(Br)c(O)c(Br)c2)c1. The largest absolute Gasteiger partial charge is 0.506 e. The van der Waals surface area contributed by atoms with Crippen LogP contribution in [0.2, 0.25) is 0 Å². The first-order valence-electron chi connectivity index (χ1n) is 5.90. The molecule has 0 aliphatic carbocycles. The Kier molecular flexibility index (Phi) is 4.88. The van der Waals surface area contributed by atoms with Crippen molar-refractivity contribution in [1.82, 2.24) is 0 Å². The van der Waals surface area contributed by atoms with E-state index in [1.165, 1.54) is 11.1 Å². The average Bonchev–Trinajstić information content (AvgIpc) is 2.42. The van der Waals surface area contributed by atoms with E-state index < -0.39 is 0 Å². The minimum atomic E-state index is 0.241. The number of hydrogen-bond acceptors (Lipinski definition) is 2. The molecule has 2 rings (SSSR count). The predicted octanol–water partition coefficient (Wildman–Crippen LogP) is 4.71. The lowest BCUT2D eigenvalue weighted by molar-refractivity contribution is 0.414. The van der Waals surface area contributed by atoms with Gasteiger partial charge in [0.15, 0.2) is 0 Å². The summed E-state index contributed by atoms with van der Waals surface area (Å²) in [5.74, 6) is 1.12. The fourth-order valence-electron chi connectivity index (χ4n) is 1.88. The van der Waals surface area contributed by atoms with E-state index in [4.69, 9.17) is 4.74 Å². The number of halogens is 2. The van der Waals surface area contributed by atoms with Crippen molar-refractivity contribution < 1.29 is 9.84 Å². The second-order valence-electron chi connectivity index (χ2n) is 4.26. The third-order valence-electron chi connectivity index (χ3n) is 2.91. The van der Waals surface area contributed by atoms with E-state index in [0.717, 1.165) is 18.6 Å². The molecule has 0 fully saturated rings. The molecule has 0 aromatic heterocycles. The van der Waals surface area contributed by atoms with Gasteiger partial charge in [0.2, 0.25) is 0 Å². The number of benzene rings is 2. The Morgan fingerprint density at radius 2 is 1.63 bits per heavy atom. The molecule has 4 heteroatoms. The smallest absolute Gasteiger partial charge is 0.143 e. The molecule has 2 nitrogen and oxygen atoms in total. The third kappa shape index (κ3) is 3.74. The Balaban J connectivity index is 2.10. The standard InChI is InChI=1S/C15H14Br2O2/c1-19-12-4-2-3-10(7-12)5-6-11-8-13(16)15(18)14(17)9-11/h2-4,7-9,18H,5-6H2,1H3. The summed E-state index contributed by atoms with van der Waals surface area (Å²) in [6, 6.07) is 12.0. The van der Waals surface area contributed by atoms with Crippen LogP contribution in [0.3, 0.4) is 0 Å². The zero-order valence-electron chi connectivity index (χ0n) is 10.5. The third-order valence-corrected chi connectivity index (χ3v) is 4.12. The summed E-state index contributed by atoms with van der Waals surface area (Å²) >= 11 is 6.69. The van der Waals surface area contributed by atoms with Crippen molar-refractivity contribution in [3.05, 3.63) is 56.5 Å². The van der Waals surface area contributed by atoms with E-state index in [9.17, 15) is 5.11 Å². The predicted molar refractivity (Wildman–Crippen MR) is 83.9 cm³/mol. The normalized spacial score (nSPS) is 10.5. The Hall–Kier alpha value is -1.00. The highest BCUT2D eigenvalue weighted by Gasteiger charge is 2.06. The molecule has 19 heavy (non-hydrogen) atoms. The van der Waals surface area contributed by atoms with Gasteiger partial charge in [-0.05, 0) is 80.1 Å². The van der Waals surface area contributed by atoms with E-state index in [1.807, 2.05) is 30.3 Å². The summed E-state index contributed by atoms with van der Waals surface area (Å²) in [5, 5.41) is 9.67. The van der Waals surface area contributed by atoms with E-state index >= 15 is 0 Å². The molecular weight excluding hydrogens is 372 g/mol. The van der Waals surface area contributed by atoms with E-state index in [1.54, 1.807) is 7.11 Å². The molecule has 2 aromatic carbocycles. The van der Waals surface area contributed by atoms with Crippen LogP contribution in [0.1, 0.15) is 11.1 Å². The summed E-state index contributed by atoms with van der Waals surface area (Å²) in [7, 11) is 1.67. The van der Waals surface area contributed by atoms with Crippen molar-refractivity contribution in [1.29, 1.82) is 0 Å². The van der Waals surface area contributed by atoms with Crippen molar-refractivity contribution in [2.45, 2.75) is 12.8 Å². The molecule has 0 spiro atoms. The average molecular weight is 386 g/mol. The fraction of sp³-hybridized carbons (Fsp3) is 0.200. The van der Waals surface area contributed by atoms with Crippen LogP contribution in [-0.2, 0) is 12.8 Å². The molecule has 0 bridgehead atoms. The summed E-state index contributed by atoms with van der Waals surface area (Å²) in [4.78, 5) is 0. The number of rotatable bonds is 4. The summed E-state index contributed by atoms with van der Waals surface area (Å²) in [6.07, 6.45) is 1.84. The Morgan fingerprint density at radius 3 is 2.26 bits per heavy atom. The van der Waals surface area contributed by atoms with Crippen molar-refractivity contribution in [2.24, 2.45) is 0 Å². The van der Waals surface area contributed by atoms with Gasteiger partial charge in [-0.15, -0.1) is 0 Å². The molecule has 2 aromatic rings. The molecule has 0 aliphatic heterocycles. The molecule has 0 aliphatic rings. The van der Waals surface area contributed by atoms with Gasteiger partial charge in [-0.1, -0.05) is 12.1 Å². The van der Waals surface area contributed by atoms with Gasteiger partial charge in [-0.2, -0.15) is 0 Å². The monoisotopic (exact) mass is 384 g/mol. The Labute approximate surface area is 129 Å². The molecule has 0 atom stereocenters. The number of phenols is 1. The van der Waals surface area contributed by atoms with Gasteiger partial charge in [0.1, 0.15) is 11.5 Å². The van der Waals surface area contributed by atoms with Crippen LogP contribution in [0, 0.1) is 0 Å². The van der Waals surface area contributed by atoms with Crippen LogP contribution in [-0.4, -0.2) is 12.2 Å². The molecule has 0 heterocycles. The van der Waals surface area contributed by atoms with Crippen LogP contribution < -0.4 is 4.74 Å². The minimum absolute atomic E-state index is 0.241. The molecule has 1 N–H and O–H groups in total. The van der Waals surface area contributed by atoms with Gasteiger partial charge in [-0.3, -0.25) is 0 Å². The van der Waals surface area contributed by atoms with Crippen LogP contribution >= 0.6 is 31.9 Å². The number of hydrogen-bond donors (Lipinski definition) is 1. The van der Waals surface area contributed by atoms with Gasteiger partial charge in [0.05, 0.1) is 16.1 Å². The van der Waals surface area contributed by atoms with E-state index in [2.05, 4.69) is 37.9 Å². The van der Waals surface area contributed by atoms with Crippen LogP contribution in [0.5, 0.6) is 11.5 Å². The minimum Gasteiger partial charge on any atom is -0.506 e. The number of methoxy groups -OCH3 is 1. The number of aromatic hydroxyl groups is 1. The van der Waals surface area contributed by atoms with Crippen molar-refractivity contribution in [3.8, 4) is 11.5 Å². The topological polar surface area (TPSA) is 29.5 Å². The highest BCUT2D eigenvalue weighted by molar-refractivity contribution is 9.11. The zero-order valence-corrected chi connectivity index (χ0v) is 13.7. The van der Waals surface area contributed by atoms with E-state index in [0.29, 0.717) is 8.95 Å². The van der Waals surface area contributed by atoms with Crippen LogP contribution in [0.15, 0.2) is 45.3 Å². The lowest BCUT2D eigenvalue weighted by Gasteiger charge is -2.07. The van der Waals surface area contributed by atoms with Gasteiger partial charge in [0, 0.05) is 0 Å². The maximum absolute atomic E-state index is 9.67. The van der Waals surface area contributed by atoms with Crippen molar-refractivity contribution in [2.75, 3.05) is 7.11 Å². The van der Waals surface area contributed by atoms with Crippen molar-refractivity contribution in [3.63, 3.8) is 0 Å². The second kappa shape index (κ2) is 6.44. The second-order valence-corrected chi connectivity index (χ2v) is 5.97. The molecule has 0 saturated heterocycles. The van der Waals surface area contributed by atoms with Gasteiger partial charge in [0.25, 0.3) is 0 Å². The number of phenolic OH excluding ortho intramolecular Hbond substituents is 1. The summed E-state index contributed by atoms with van der Waals surface area (Å²) in [6.45, 7) is 0. The maximum Gasteiger partial charge on any atom is 0.143 e. The first-order chi connectivity index (χ1) is 9.10. The Bertz CT molecular complexity index is 559. The summed E-state index contributed by atoms with van der Waals surface area (Å²) in [5.41, 5.74) is 2.40. The Morgan fingerprint density at radius 1 is 1.00 bits per heavy atom. The van der Waals surface area contributed by atoms with Gasteiger partial charge < -0.3 is 9.84 Å². The van der Waals surface area contributed by atoms with Crippen LogP contribution in [0.25, 0.3) is 0 Å². The summed E-state index contributed by atoms with van der Waals surface area (Å²) < 4.78 is 6.63. The van der Waals surface area contributed by atoms with Crippen molar-refractivity contribution >= 4 is 31.9 Å². The molecular formula is C15H14Br2O2. The maximum atomic E-state index is 9.67. The lowest BCUT2D eigenvalue weighted by atomic mass is 10.0. The van der Waals surface area contributed by atoms with Crippen LogP contribution in [0.4, 0.5) is 0 Å².